The minimum absolute atomic E-state index is 0. The van der Waals surface area contributed by atoms with Gasteiger partial charge in [-0.1, -0.05) is 72.8 Å². The average molecular weight is 533 g/mol. The molecule has 0 unspecified atom stereocenters. The van der Waals surface area contributed by atoms with Crippen LogP contribution in [-0.4, -0.2) is 68.0 Å². The van der Waals surface area contributed by atoms with Crippen LogP contribution in [0.3, 0.4) is 0 Å². The van der Waals surface area contributed by atoms with Crippen molar-refractivity contribution in [3.05, 3.63) is 77.9 Å². The predicted molar refractivity (Wildman–Crippen MR) is 139 cm³/mol. The molecule has 0 aliphatic carbocycles. The van der Waals surface area contributed by atoms with Gasteiger partial charge in [0.15, 0.2) is 5.96 Å². The molecule has 6 nitrogen and oxygen atoms in total. The summed E-state index contributed by atoms with van der Waals surface area (Å²) in [5, 5.41) is 6.12. The van der Waals surface area contributed by atoms with Crippen molar-refractivity contribution in [2.75, 3.05) is 46.3 Å². The van der Waals surface area contributed by atoms with E-state index in [4.69, 9.17) is 0 Å². The lowest BCUT2D eigenvalue weighted by atomic mass is 10.2. The molecular weight excluding hydrogens is 501 g/mol. The van der Waals surface area contributed by atoms with Crippen LogP contribution >= 0.6 is 24.0 Å². The van der Waals surface area contributed by atoms with Gasteiger partial charge in [0.05, 0.1) is 6.54 Å². The molecule has 31 heavy (non-hydrogen) atoms. The number of rotatable bonds is 7. The fourth-order valence-electron chi connectivity index (χ4n) is 3.39. The van der Waals surface area contributed by atoms with Crippen LogP contribution in [-0.2, 0) is 11.3 Å². The lowest BCUT2D eigenvalue weighted by molar-refractivity contribution is -0.120. The van der Waals surface area contributed by atoms with Crippen molar-refractivity contribution >= 4 is 41.9 Å². The smallest absolute Gasteiger partial charge is 0.239 e. The van der Waals surface area contributed by atoms with Gasteiger partial charge in [-0.15, -0.1) is 24.0 Å². The highest BCUT2D eigenvalue weighted by Gasteiger charge is 2.19. The number of carbonyl (C=O) groups excluding carboxylic acids is 1. The minimum Gasteiger partial charge on any atom is -0.350 e. The van der Waals surface area contributed by atoms with Gasteiger partial charge >= 0.3 is 0 Å². The van der Waals surface area contributed by atoms with E-state index in [9.17, 15) is 4.79 Å². The summed E-state index contributed by atoms with van der Waals surface area (Å²) < 4.78 is 0. The Bertz CT molecular complexity index is 834. The number of benzene rings is 2. The fraction of sp³-hybridized carbons (Fsp3) is 0.333. The summed E-state index contributed by atoms with van der Waals surface area (Å²) in [5.41, 5.74) is 2.32. The third-order valence-corrected chi connectivity index (χ3v) is 5.10. The molecule has 0 atom stereocenters. The largest absolute Gasteiger partial charge is 0.350 e. The van der Waals surface area contributed by atoms with Gasteiger partial charge in [0.2, 0.25) is 5.91 Å². The third kappa shape index (κ3) is 8.70. The highest BCUT2D eigenvalue weighted by atomic mass is 127. The molecule has 0 bridgehead atoms. The molecule has 0 saturated carbocycles. The quantitative estimate of drug-likeness (QED) is 0.327. The molecule has 1 saturated heterocycles. The Labute approximate surface area is 202 Å². The second kappa shape index (κ2) is 13.8. The molecule has 1 fully saturated rings. The average Bonchev–Trinajstić information content (AvgIpc) is 2.80. The third-order valence-electron chi connectivity index (χ3n) is 5.10. The Morgan fingerprint density at radius 3 is 2.26 bits per heavy atom. The Hall–Kier alpha value is -2.39. The second-order valence-corrected chi connectivity index (χ2v) is 7.26. The first kappa shape index (κ1) is 24.9. The Kier molecular flexibility index (Phi) is 11.1. The summed E-state index contributed by atoms with van der Waals surface area (Å²) >= 11 is 0. The van der Waals surface area contributed by atoms with Crippen LogP contribution in [0.25, 0.3) is 6.08 Å². The lowest BCUT2D eigenvalue weighted by Gasteiger charge is -2.36. The van der Waals surface area contributed by atoms with E-state index in [1.54, 1.807) is 7.05 Å². The van der Waals surface area contributed by atoms with Gasteiger partial charge in [-0.2, -0.15) is 0 Å². The lowest BCUT2D eigenvalue weighted by Crippen LogP contribution is -2.53. The summed E-state index contributed by atoms with van der Waals surface area (Å²) in [6.07, 6.45) is 4.38. The van der Waals surface area contributed by atoms with Crippen LogP contribution in [0.2, 0.25) is 0 Å². The van der Waals surface area contributed by atoms with Crippen LogP contribution in [0.15, 0.2) is 71.7 Å². The normalized spacial score (nSPS) is 14.9. The van der Waals surface area contributed by atoms with Gasteiger partial charge in [-0.25, -0.2) is 0 Å². The number of piperazine rings is 1. The van der Waals surface area contributed by atoms with Crippen LogP contribution in [0, 0.1) is 0 Å². The predicted octanol–water partition coefficient (Wildman–Crippen LogP) is 2.83. The molecular formula is C24H32IN5O. The van der Waals surface area contributed by atoms with Crippen LogP contribution in [0.1, 0.15) is 11.1 Å². The molecule has 3 rings (SSSR count). The van der Waals surface area contributed by atoms with Gasteiger partial charge in [0, 0.05) is 46.3 Å². The topological polar surface area (TPSA) is 60.0 Å². The molecule has 0 spiro atoms. The van der Waals surface area contributed by atoms with E-state index < -0.39 is 0 Å². The minimum atomic E-state index is -0.0373. The van der Waals surface area contributed by atoms with Crippen molar-refractivity contribution in [2.45, 2.75) is 6.54 Å². The summed E-state index contributed by atoms with van der Waals surface area (Å²) in [7, 11) is 1.76. The van der Waals surface area contributed by atoms with Crippen molar-refractivity contribution in [3.8, 4) is 0 Å². The highest BCUT2D eigenvalue weighted by Crippen LogP contribution is 2.05. The molecule has 1 amide bonds. The fourth-order valence-corrected chi connectivity index (χ4v) is 3.39. The zero-order chi connectivity index (χ0) is 21.0. The number of halogens is 1. The first-order valence-corrected chi connectivity index (χ1v) is 10.4. The summed E-state index contributed by atoms with van der Waals surface area (Å²) in [6, 6.07) is 20.3. The Balaban J connectivity index is 0.00000341. The second-order valence-electron chi connectivity index (χ2n) is 7.26. The van der Waals surface area contributed by atoms with E-state index in [2.05, 4.69) is 61.8 Å². The van der Waals surface area contributed by atoms with Crippen molar-refractivity contribution in [1.29, 1.82) is 0 Å². The van der Waals surface area contributed by atoms with E-state index in [0.717, 1.165) is 44.2 Å². The zero-order valence-electron chi connectivity index (χ0n) is 18.0. The summed E-state index contributed by atoms with van der Waals surface area (Å²) in [4.78, 5) is 21.1. The van der Waals surface area contributed by atoms with Crippen molar-refractivity contribution in [2.24, 2.45) is 4.99 Å². The molecule has 2 aromatic rings. The van der Waals surface area contributed by atoms with Crippen molar-refractivity contribution in [3.63, 3.8) is 0 Å². The standard InChI is InChI=1S/C24H31N5O.HI/c1-25-24(27-20-23(30)26-19-22-11-6-3-7-12-22)29-17-15-28(16-18-29)14-8-13-21-9-4-2-5-10-21;/h2-13H,14-20H2,1H3,(H,25,27)(H,26,30);1H/b13-8+;. The monoisotopic (exact) mass is 533 g/mol. The molecule has 1 aliphatic rings. The van der Waals surface area contributed by atoms with E-state index in [1.807, 2.05) is 36.4 Å². The number of guanidine groups is 1. The molecule has 1 aliphatic heterocycles. The first-order chi connectivity index (χ1) is 14.7. The first-order valence-electron chi connectivity index (χ1n) is 10.4. The van der Waals surface area contributed by atoms with Gasteiger partial charge in [-0.05, 0) is 11.1 Å². The van der Waals surface area contributed by atoms with Crippen LogP contribution in [0.4, 0.5) is 0 Å². The van der Waals surface area contributed by atoms with Gasteiger partial charge in [0.1, 0.15) is 0 Å². The maximum absolute atomic E-state index is 12.1. The number of nitrogens with zero attached hydrogens (tertiary/aromatic N) is 3. The van der Waals surface area contributed by atoms with Crippen LogP contribution < -0.4 is 10.6 Å². The molecule has 1 heterocycles. The number of carbonyl (C=O) groups is 1. The molecule has 0 aromatic heterocycles. The zero-order valence-corrected chi connectivity index (χ0v) is 20.4. The SMILES string of the molecule is CN=C(NCC(=O)NCc1ccccc1)N1CCN(C/C=C/c2ccccc2)CC1.I. The van der Waals surface area contributed by atoms with Crippen molar-refractivity contribution < 1.29 is 4.79 Å². The summed E-state index contributed by atoms with van der Waals surface area (Å²) in [5.74, 6) is 0.744. The number of hydrogen-bond donors (Lipinski definition) is 2. The maximum Gasteiger partial charge on any atom is 0.239 e. The Morgan fingerprint density at radius 1 is 0.968 bits per heavy atom. The molecule has 7 heteroatoms. The molecule has 2 aromatic carbocycles. The molecule has 2 N–H and O–H groups in total. The van der Waals surface area contributed by atoms with Gasteiger partial charge < -0.3 is 15.5 Å². The van der Waals surface area contributed by atoms with Gasteiger partial charge in [-0.3, -0.25) is 14.7 Å². The number of nitrogens with one attached hydrogen (secondary N) is 2. The van der Waals surface area contributed by atoms with Crippen LogP contribution in [0.5, 0.6) is 0 Å². The number of amides is 1. The van der Waals surface area contributed by atoms with E-state index >= 15 is 0 Å². The van der Waals surface area contributed by atoms with E-state index in [-0.39, 0.29) is 36.4 Å². The highest BCUT2D eigenvalue weighted by molar-refractivity contribution is 14.0. The van der Waals surface area contributed by atoms with Crippen molar-refractivity contribution in [1.82, 2.24) is 20.4 Å². The molecule has 0 radical (unpaired) electrons. The van der Waals surface area contributed by atoms with E-state index in [1.165, 1.54) is 5.56 Å². The number of hydrogen-bond acceptors (Lipinski definition) is 3. The van der Waals surface area contributed by atoms with Gasteiger partial charge in [0.25, 0.3) is 0 Å². The maximum atomic E-state index is 12.1. The molecule has 166 valence electrons. The van der Waals surface area contributed by atoms with E-state index in [0.29, 0.717) is 6.54 Å². The number of aliphatic imine (C=N–C) groups is 1. The Morgan fingerprint density at radius 2 is 1.61 bits per heavy atom. The summed E-state index contributed by atoms with van der Waals surface area (Å²) in [6.45, 7) is 5.43.